The van der Waals surface area contributed by atoms with Crippen LogP contribution in [0.4, 0.5) is 17.6 Å². The zero-order valence-corrected chi connectivity index (χ0v) is 30.9. The number of benzene rings is 6. The lowest BCUT2D eigenvalue weighted by Gasteiger charge is -2.00. The van der Waals surface area contributed by atoms with Crippen molar-refractivity contribution >= 4 is 0 Å². The largest absolute Gasteiger partial charge is 0.207 e. The van der Waals surface area contributed by atoms with Crippen LogP contribution in [0.1, 0.15) is 77.9 Å². The van der Waals surface area contributed by atoms with Gasteiger partial charge in [0.25, 0.3) is 0 Å². The molecule has 0 unspecified atom stereocenters. The van der Waals surface area contributed by atoms with Gasteiger partial charge in [-0.05, 0) is 125 Å². The van der Waals surface area contributed by atoms with Crippen LogP contribution in [-0.4, -0.2) is 0 Å². The molecular weight excluding hydrogens is 677 g/mol. The molecule has 0 heterocycles. The van der Waals surface area contributed by atoms with Crippen molar-refractivity contribution in [2.24, 2.45) is 0 Å². The minimum atomic E-state index is -0.709. The molecule has 0 bridgehead atoms. The maximum atomic E-state index is 14.3. The first-order valence-electron chi connectivity index (χ1n) is 17.2. The Hall–Kier alpha value is -6.72. The van der Waals surface area contributed by atoms with Gasteiger partial charge in [0.15, 0.2) is 0 Å². The van der Waals surface area contributed by atoms with Gasteiger partial charge in [0, 0.05) is 44.5 Å². The smallest absolute Gasteiger partial charge is 0.143 e. The third kappa shape index (κ3) is 10.7. The Kier molecular flexibility index (Phi) is 12.6. The Morgan fingerprint density at radius 3 is 1.09 bits per heavy atom. The maximum Gasteiger partial charge on any atom is 0.143 e. The van der Waals surface area contributed by atoms with Gasteiger partial charge < -0.3 is 0 Å². The van der Waals surface area contributed by atoms with E-state index in [1.165, 1.54) is 36.8 Å². The van der Waals surface area contributed by atoms with Gasteiger partial charge in [-0.25, -0.2) is 17.6 Å². The predicted molar refractivity (Wildman–Crippen MR) is 211 cm³/mol. The van der Waals surface area contributed by atoms with E-state index in [0.29, 0.717) is 11.1 Å². The molecule has 0 atom stereocenters. The molecule has 0 nitrogen and oxygen atoms in total. The molecule has 0 saturated heterocycles. The maximum absolute atomic E-state index is 14.3. The summed E-state index contributed by atoms with van der Waals surface area (Å²) in [5, 5.41) is 0. The van der Waals surface area contributed by atoms with E-state index < -0.39 is 23.3 Å². The normalized spacial score (nSPS) is 9.81. The highest BCUT2D eigenvalue weighted by Gasteiger charge is 2.09. The second-order valence-electron chi connectivity index (χ2n) is 13.0. The molecule has 0 fully saturated rings. The topological polar surface area (TPSA) is 0 Å². The standard InChI is InChI=1S/2C25H18F2/c1-17-4-12-23(18(2)14-17)13-11-21-7-5-20(6-8-21)9-10-22-15-24(26)19(3)25(27)16-22;1-17-4-7-20(8-5-17)10-13-23-24(26)15-21(16-25(23)27)9-12-22-11-6-18(2)14-19(22)3/h4-8,12,14-16H,1-3H3;4-8,11,14-16H,1-3H3. The predicted octanol–water partition coefficient (Wildman–Crippen LogP) is 11.4. The van der Waals surface area contributed by atoms with E-state index in [0.717, 1.165) is 44.5 Å². The van der Waals surface area contributed by atoms with E-state index in [1.807, 2.05) is 107 Å². The van der Waals surface area contributed by atoms with Crippen LogP contribution in [0, 0.1) is 112 Å². The van der Waals surface area contributed by atoms with E-state index in [-0.39, 0.29) is 16.7 Å². The summed E-state index contributed by atoms with van der Waals surface area (Å²) < 4.78 is 55.8. The second-order valence-corrected chi connectivity index (χ2v) is 13.0. The molecule has 0 aliphatic carbocycles. The van der Waals surface area contributed by atoms with Gasteiger partial charge in [0.2, 0.25) is 0 Å². The van der Waals surface area contributed by atoms with Crippen molar-refractivity contribution in [1.82, 2.24) is 0 Å². The molecule has 0 N–H and O–H groups in total. The van der Waals surface area contributed by atoms with Gasteiger partial charge >= 0.3 is 0 Å². The number of hydrogen-bond acceptors (Lipinski definition) is 0. The molecule has 6 rings (SSSR count). The molecule has 0 radical (unpaired) electrons. The summed E-state index contributed by atoms with van der Waals surface area (Å²) in [5.41, 5.74) is 10.2. The molecule has 0 amide bonds. The van der Waals surface area contributed by atoms with E-state index in [9.17, 15) is 17.6 Å². The number of rotatable bonds is 0. The fourth-order valence-corrected chi connectivity index (χ4v) is 5.22. The van der Waals surface area contributed by atoms with Crippen LogP contribution >= 0.6 is 0 Å². The average Bonchev–Trinajstić information content (AvgIpc) is 3.13. The molecule has 0 aliphatic rings. The molecule has 6 aromatic carbocycles. The lowest BCUT2D eigenvalue weighted by Crippen LogP contribution is -1.93. The van der Waals surface area contributed by atoms with Crippen molar-refractivity contribution in [2.45, 2.75) is 41.5 Å². The lowest BCUT2D eigenvalue weighted by atomic mass is 10.1. The fourth-order valence-electron chi connectivity index (χ4n) is 5.22. The van der Waals surface area contributed by atoms with Crippen molar-refractivity contribution in [3.63, 3.8) is 0 Å². The minimum absolute atomic E-state index is 0.00675. The van der Waals surface area contributed by atoms with Gasteiger partial charge in [-0.1, -0.05) is 100 Å². The van der Waals surface area contributed by atoms with Crippen molar-refractivity contribution < 1.29 is 17.6 Å². The first kappa shape index (κ1) is 38.5. The van der Waals surface area contributed by atoms with Crippen molar-refractivity contribution in [3.8, 4) is 47.4 Å². The zero-order chi connectivity index (χ0) is 38.8. The number of halogens is 4. The highest BCUT2D eigenvalue weighted by atomic mass is 19.1. The Morgan fingerprint density at radius 2 is 0.648 bits per heavy atom. The van der Waals surface area contributed by atoms with Crippen LogP contribution in [-0.2, 0) is 0 Å². The van der Waals surface area contributed by atoms with Crippen LogP contribution in [0.25, 0.3) is 0 Å². The van der Waals surface area contributed by atoms with Crippen molar-refractivity contribution in [1.29, 1.82) is 0 Å². The molecule has 6 aromatic rings. The lowest BCUT2D eigenvalue weighted by molar-refractivity contribution is 0.567. The van der Waals surface area contributed by atoms with E-state index >= 15 is 0 Å². The first-order valence-corrected chi connectivity index (χ1v) is 17.2. The summed E-state index contributed by atoms with van der Waals surface area (Å²) in [6.45, 7) is 11.4. The van der Waals surface area contributed by atoms with Crippen LogP contribution < -0.4 is 0 Å². The first-order chi connectivity index (χ1) is 25.8. The summed E-state index contributed by atoms with van der Waals surface area (Å²) >= 11 is 0. The average molecular weight is 713 g/mol. The summed E-state index contributed by atoms with van der Waals surface area (Å²) in [7, 11) is 0. The summed E-state index contributed by atoms with van der Waals surface area (Å²) in [6, 6.07) is 31.9. The molecule has 54 heavy (non-hydrogen) atoms. The molecule has 0 spiro atoms. The molecular formula is C50H36F4. The Balaban J connectivity index is 0.000000208. The summed E-state index contributed by atoms with van der Waals surface area (Å²) in [6.07, 6.45) is 0. The number of aryl methyl sites for hydroxylation is 5. The van der Waals surface area contributed by atoms with Gasteiger partial charge in [0.1, 0.15) is 23.3 Å². The van der Waals surface area contributed by atoms with Gasteiger partial charge in [-0.15, -0.1) is 0 Å². The SMILES string of the molecule is Cc1ccc(C#Cc2c(F)cc(C#Cc3ccc(C)cc3C)cc2F)cc1.Cc1ccc(C#Cc2ccc(C#Cc3cc(F)c(C)c(F)c3)cc2)c(C)c1. The van der Waals surface area contributed by atoms with E-state index in [1.54, 1.807) is 0 Å². The fraction of sp³-hybridized carbons (Fsp3) is 0.120. The van der Waals surface area contributed by atoms with Crippen LogP contribution in [0.5, 0.6) is 0 Å². The Labute approximate surface area is 315 Å². The van der Waals surface area contributed by atoms with E-state index in [2.05, 4.69) is 60.4 Å². The van der Waals surface area contributed by atoms with Crippen LogP contribution in [0.3, 0.4) is 0 Å². The summed E-state index contributed by atoms with van der Waals surface area (Å²) in [5.74, 6) is 20.6. The van der Waals surface area contributed by atoms with E-state index in [4.69, 9.17) is 0 Å². The Morgan fingerprint density at radius 1 is 0.315 bits per heavy atom. The minimum Gasteiger partial charge on any atom is -0.207 e. The molecule has 0 aromatic heterocycles. The molecule has 0 aliphatic heterocycles. The Bertz CT molecular complexity index is 2550. The molecule has 4 heteroatoms. The third-order valence-corrected chi connectivity index (χ3v) is 8.39. The van der Waals surface area contributed by atoms with Gasteiger partial charge in [-0.2, -0.15) is 0 Å². The van der Waals surface area contributed by atoms with Crippen molar-refractivity contribution in [2.75, 3.05) is 0 Å². The van der Waals surface area contributed by atoms with Crippen LogP contribution in [0.2, 0.25) is 0 Å². The van der Waals surface area contributed by atoms with Crippen molar-refractivity contribution in [3.05, 3.63) is 210 Å². The third-order valence-electron chi connectivity index (χ3n) is 8.39. The van der Waals surface area contributed by atoms with Crippen LogP contribution in [0.15, 0.2) is 109 Å². The van der Waals surface area contributed by atoms with Gasteiger partial charge in [-0.3, -0.25) is 0 Å². The molecule has 264 valence electrons. The highest BCUT2D eigenvalue weighted by Crippen LogP contribution is 2.17. The molecule has 0 saturated carbocycles. The number of hydrogen-bond donors (Lipinski definition) is 0. The summed E-state index contributed by atoms with van der Waals surface area (Å²) in [4.78, 5) is 0. The monoisotopic (exact) mass is 712 g/mol. The second kappa shape index (κ2) is 17.7. The quantitative estimate of drug-likeness (QED) is 0.109. The zero-order valence-electron chi connectivity index (χ0n) is 30.9. The highest BCUT2D eigenvalue weighted by molar-refractivity contribution is 5.52. The van der Waals surface area contributed by atoms with Gasteiger partial charge in [0.05, 0.1) is 5.56 Å².